The smallest absolute Gasteiger partial charge is 0.0972 e. The van der Waals surface area contributed by atoms with Crippen LogP contribution in [-0.2, 0) is 8.37 Å². The Morgan fingerprint density at radius 1 is 0.857 bits per heavy atom. The minimum Gasteiger partial charge on any atom is -0.307 e. The van der Waals surface area contributed by atoms with Crippen LogP contribution in [0.15, 0.2) is 70.5 Å². The van der Waals surface area contributed by atoms with Crippen LogP contribution in [0.4, 0.5) is 0 Å². The van der Waals surface area contributed by atoms with Crippen LogP contribution in [0.5, 0.6) is 0 Å². The van der Waals surface area contributed by atoms with E-state index in [1.165, 1.54) is 24.1 Å². The predicted molar refractivity (Wildman–Crippen MR) is 90.3 cm³/mol. The molecule has 0 radical (unpaired) electrons. The van der Waals surface area contributed by atoms with Crippen LogP contribution in [0, 0.1) is 0 Å². The first-order valence-corrected chi connectivity index (χ1v) is 8.59. The summed E-state index contributed by atoms with van der Waals surface area (Å²) in [5.74, 6) is 0. The van der Waals surface area contributed by atoms with Gasteiger partial charge in [-0.05, 0) is 30.7 Å². The van der Waals surface area contributed by atoms with Gasteiger partial charge in [0.25, 0.3) is 0 Å². The third kappa shape index (κ3) is 6.57. The summed E-state index contributed by atoms with van der Waals surface area (Å²) < 4.78 is 11.6. The molecule has 1 unspecified atom stereocenters. The van der Waals surface area contributed by atoms with Crippen LogP contribution < -0.4 is 0 Å². The first-order valence-electron chi connectivity index (χ1n) is 7.11. The molecule has 2 nitrogen and oxygen atoms in total. The fourth-order valence-corrected chi connectivity index (χ4v) is 3.03. The Labute approximate surface area is 135 Å². The van der Waals surface area contributed by atoms with E-state index in [9.17, 15) is 0 Å². The zero-order chi connectivity index (χ0) is 14.8. The molecule has 0 N–H and O–H groups in total. The van der Waals surface area contributed by atoms with E-state index in [1.54, 1.807) is 0 Å². The lowest BCUT2D eigenvalue weighted by Gasteiger charge is -2.15. The van der Waals surface area contributed by atoms with Gasteiger partial charge in [0, 0.05) is 33.9 Å². The van der Waals surface area contributed by atoms with Crippen molar-refractivity contribution in [1.82, 2.24) is 0 Å². The first kappa shape index (κ1) is 16.4. The monoisotopic (exact) mass is 320 g/mol. The molecule has 2 rings (SSSR count). The van der Waals surface area contributed by atoms with Gasteiger partial charge in [-0.15, -0.1) is 0 Å². The van der Waals surface area contributed by atoms with E-state index in [4.69, 9.17) is 8.37 Å². The minimum absolute atomic E-state index is 0.108. The molecule has 0 bridgehead atoms. The molecule has 0 spiro atoms. The van der Waals surface area contributed by atoms with E-state index in [0.29, 0.717) is 6.61 Å². The van der Waals surface area contributed by atoms with E-state index >= 15 is 0 Å². The van der Waals surface area contributed by atoms with Crippen LogP contribution in [-0.4, -0.2) is 12.7 Å². The Morgan fingerprint density at radius 2 is 1.43 bits per heavy atom. The standard InChI is InChI=1S/C17H20O2S2/c1-2-9-15(19-21-17-12-7-4-8-13-17)14-18-20-16-10-5-3-6-11-16/h3-8,10-13,15H,2,9,14H2,1H3. The molecule has 0 aliphatic heterocycles. The van der Waals surface area contributed by atoms with Gasteiger partial charge in [0.05, 0.1) is 12.7 Å². The second-order valence-electron chi connectivity index (χ2n) is 4.58. The number of hydrogen-bond acceptors (Lipinski definition) is 4. The fraction of sp³-hybridized carbons (Fsp3) is 0.294. The maximum Gasteiger partial charge on any atom is 0.0972 e. The van der Waals surface area contributed by atoms with Gasteiger partial charge in [0.1, 0.15) is 0 Å². The Balaban J connectivity index is 1.73. The van der Waals surface area contributed by atoms with Gasteiger partial charge in [-0.25, -0.2) is 0 Å². The lowest BCUT2D eigenvalue weighted by molar-refractivity contribution is 0.156. The second-order valence-corrected chi connectivity index (χ2v) is 6.29. The SMILES string of the molecule is CCCC(COSc1ccccc1)OSc1ccccc1. The summed E-state index contributed by atoms with van der Waals surface area (Å²) in [6.45, 7) is 2.75. The van der Waals surface area contributed by atoms with E-state index in [0.717, 1.165) is 22.6 Å². The highest BCUT2D eigenvalue weighted by atomic mass is 32.2. The maximum atomic E-state index is 5.88. The van der Waals surface area contributed by atoms with Gasteiger partial charge in [0.2, 0.25) is 0 Å². The van der Waals surface area contributed by atoms with Crippen molar-refractivity contribution in [1.29, 1.82) is 0 Å². The van der Waals surface area contributed by atoms with Crippen molar-refractivity contribution < 1.29 is 8.37 Å². The van der Waals surface area contributed by atoms with Crippen LogP contribution >= 0.6 is 24.1 Å². The molecule has 21 heavy (non-hydrogen) atoms. The predicted octanol–water partition coefficient (Wildman–Crippen LogP) is 5.60. The average molecular weight is 320 g/mol. The van der Waals surface area contributed by atoms with Crippen molar-refractivity contribution in [2.75, 3.05) is 6.61 Å². The van der Waals surface area contributed by atoms with Crippen molar-refractivity contribution in [3.8, 4) is 0 Å². The molecule has 0 aliphatic rings. The van der Waals surface area contributed by atoms with Crippen molar-refractivity contribution >= 4 is 24.1 Å². The zero-order valence-electron chi connectivity index (χ0n) is 12.1. The summed E-state index contributed by atoms with van der Waals surface area (Å²) in [7, 11) is 0. The van der Waals surface area contributed by atoms with E-state index in [-0.39, 0.29) is 6.10 Å². The molecule has 0 aromatic heterocycles. The molecule has 0 heterocycles. The quantitative estimate of drug-likeness (QED) is 0.559. The van der Waals surface area contributed by atoms with Crippen molar-refractivity contribution in [3.63, 3.8) is 0 Å². The number of hydrogen-bond donors (Lipinski definition) is 0. The van der Waals surface area contributed by atoms with Gasteiger partial charge in [-0.3, -0.25) is 0 Å². The van der Waals surface area contributed by atoms with Crippen LogP contribution in [0.25, 0.3) is 0 Å². The molecule has 0 amide bonds. The van der Waals surface area contributed by atoms with E-state index < -0.39 is 0 Å². The number of benzene rings is 2. The normalized spacial score (nSPS) is 12.2. The largest absolute Gasteiger partial charge is 0.307 e. The van der Waals surface area contributed by atoms with Gasteiger partial charge in [-0.2, -0.15) is 0 Å². The summed E-state index contributed by atoms with van der Waals surface area (Å²) in [5.41, 5.74) is 0. The molecule has 2 aromatic rings. The van der Waals surface area contributed by atoms with Gasteiger partial charge in [-0.1, -0.05) is 49.7 Å². The van der Waals surface area contributed by atoms with Crippen molar-refractivity contribution in [3.05, 3.63) is 60.7 Å². The molecule has 112 valence electrons. The Kier molecular flexibility index (Phi) is 7.75. The second kappa shape index (κ2) is 9.90. The van der Waals surface area contributed by atoms with Crippen LogP contribution in [0.1, 0.15) is 19.8 Å². The lowest BCUT2D eigenvalue weighted by Crippen LogP contribution is -2.15. The Bertz CT molecular complexity index is 491. The summed E-state index contributed by atoms with van der Waals surface area (Å²) >= 11 is 2.83. The van der Waals surface area contributed by atoms with Crippen LogP contribution in [0.2, 0.25) is 0 Å². The highest BCUT2D eigenvalue weighted by Crippen LogP contribution is 2.24. The van der Waals surface area contributed by atoms with Crippen molar-refractivity contribution in [2.24, 2.45) is 0 Å². The first-order chi connectivity index (χ1) is 10.4. The molecule has 0 saturated carbocycles. The summed E-state index contributed by atoms with van der Waals surface area (Å²) in [6, 6.07) is 20.2. The summed E-state index contributed by atoms with van der Waals surface area (Å²) in [5, 5.41) is 0. The third-order valence-electron chi connectivity index (χ3n) is 2.79. The molecule has 2 aromatic carbocycles. The lowest BCUT2D eigenvalue weighted by atomic mass is 10.2. The van der Waals surface area contributed by atoms with Crippen molar-refractivity contribution in [2.45, 2.75) is 35.7 Å². The van der Waals surface area contributed by atoms with Gasteiger partial charge >= 0.3 is 0 Å². The fourth-order valence-electron chi connectivity index (χ4n) is 1.73. The van der Waals surface area contributed by atoms with Gasteiger partial charge in [0.15, 0.2) is 0 Å². The molecule has 0 saturated heterocycles. The minimum atomic E-state index is 0.108. The maximum absolute atomic E-state index is 5.88. The van der Waals surface area contributed by atoms with Gasteiger partial charge < -0.3 is 8.37 Å². The Morgan fingerprint density at radius 3 is 2.00 bits per heavy atom. The molecule has 4 heteroatoms. The highest BCUT2D eigenvalue weighted by Gasteiger charge is 2.10. The molecular formula is C17H20O2S2. The highest BCUT2D eigenvalue weighted by molar-refractivity contribution is 7.95. The molecular weight excluding hydrogens is 300 g/mol. The third-order valence-corrected chi connectivity index (χ3v) is 4.34. The van der Waals surface area contributed by atoms with Crippen LogP contribution in [0.3, 0.4) is 0 Å². The van der Waals surface area contributed by atoms with E-state index in [1.807, 2.05) is 60.7 Å². The Hall–Kier alpha value is -0.940. The molecule has 0 aliphatic carbocycles. The summed E-state index contributed by atoms with van der Waals surface area (Å²) in [6.07, 6.45) is 2.19. The van der Waals surface area contributed by atoms with E-state index in [2.05, 4.69) is 6.92 Å². The summed E-state index contributed by atoms with van der Waals surface area (Å²) in [4.78, 5) is 2.23. The molecule has 1 atom stereocenters. The zero-order valence-corrected chi connectivity index (χ0v) is 13.7. The molecule has 0 fully saturated rings. The topological polar surface area (TPSA) is 18.5 Å². The number of rotatable bonds is 9. The average Bonchev–Trinajstić information content (AvgIpc) is 2.54.